The third-order valence-corrected chi connectivity index (χ3v) is 5.02. The molecule has 0 radical (unpaired) electrons. The van der Waals surface area contributed by atoms with Gasteiger partial charge >= 0.3 is 0 Å². The lowest BCUT2D eigenvalue weighted by Crippen LogP contribution is -2.07. The van der Waals surface area contributed by atoms with E-state index in [0.717, 1.165) is 16.5 Å². The number of nitrogens with two attached hydrogens (primary N) is 1. The smallest absolute Gasteiger partial charge is 0.0942 e. The molecule has 1 aliphatic rings. The Morgan fingerprint density at radius 2 is 1.94 bits per heavy atom. The van der Waals surface area contributed by atoms with Crippen molar-refractivity contribution in [2.24, 2.45) is 0 Å². The number of benzene rings is 1. The molecule has 0 unspecified atom stereocenters. The Balaban J connectivity index is 1.94. The SMILES string of the molecule is Nc1ccc(SC2CCCCC2)c2cccnc12. The highest BCUT2D eigenvalue weighted by Crippen LogP contribution is 2.37. The molecular formula is C15H18N2S. The Morgan fingerprint density at radius 3 is 2.78 bits per heavy atom. The van der Waals surface area contributed by atoms with Gasteiger partial charge in [-0.15, -0.1) is 11.8 Å². The first kappa shape index (κ1) is 11.8. The van der Waals surface area contributed by atoms with Crippen LogP contribution >= 0.6 is 11.8 Å². The van der Waals surface area contributed by atoms with Gasteiger partial charge < -0.3 is 5.73 Å². The number of thioether (sulfide) groups is 1. The van der Waals surface area contributed by atoms with Gasteiger partial charge in [-0.2, -0.15) is 0 Å². The normalized spacial score (nSPS) is 17.1. The Hall–Kier alpha value is -1.22. The van der Waals surface area contributed by atoms with E-state index in [0.29, 0.717) is 0 Å². The number of aromatic nitrogens is 1. The van der Waals surface area contributed by atoms with E-state index in [1.54, 1.807) is 0 Å². The van der Waals surface area contributed by atoms with Crippen LogP contribution in [-0.2, 0) is 0 Å². The Morgan fingerprint density at radius 1 is 1.11 bits per heavy atom. The lowest BCUT2D eigenvalue weighted by Gasteiger charge is -2.21. The maximum absolute atomic E-state index is 5.99. The molecule has 0 atom stereocenters. The molecule has 0 amide bonds. The predicted molar refractivity (Wildman–Crippen MR) is 78.9 cm³/mol. The molecule has 94 valence electrons. The van der Waals surface area contributed by atoms with Crippen LogP contribution in [0.15, 0.2) is 35.4 Å². The third kappa shape index (κ3) is 2.32. The lowest BCUT2D eigenvalue weighted by atomic mass is 10.0. The molecule has 0 spiro atoms. The largest absolute Gasteiger partial charge is 0.397 e. The highest BCUT2D eigenvalue weighted by Gasteiger charge is 2.16. The Bertz CT molecular complexity index is 547. The van der Waals surface area contributed by atoms with Crippen molar-refractivity contribution in [2.45, 2.75) is 42.2 Å². The topological polar surface area (TPSA) is 38.9 Å². The number of pyridine rings is 1. The molecule has 0 saturated heterocycles. The summed E-state index contributed by atoms with van der Waals surface area (Å²) in [5, 5.41) is 1.97. The summed E-state index contributed by atoms with van der Waals surface area (Å²) in [6.07, 6.45) is 8.66. The number of nitrogens with zero attached hydrogens (tertiary/aromatic N) is 1. The van der Waals surface area contributed by atoms with E-state index in [1.165, 1.54) is 42.4 Å². The first-order chi connectivity index (χ1) is 8.84. The zero-order valence-electron chi connectivity index (χ0n) is 10.4. The van der Waals surface area contributed by atoms with Crippen molar-refractivity contribution in [3.8, 4) is 0 Å². The maximum atomic E-state index is 5.99. The molecule has 18 heavy (non-hydrogen) atoms. The van der Waals surface area contributed by atoms with Gasteiger partial charge in [0, 0.05) is 21.7 Å². The predicted octanol–water partition coefficient (Wildman–Crippen LogP) is 4.24. The standard InChI is InChI=1S/C15H18N2S/c16-13-8-9-14(12-7-4-10-17-15(12)13)18-11-5-2-1-3-6-11/h4,7-11H,1-3,5-6,16H2. The van der Waals surface area contributed by atoms with Crippen LogP contribution in [0.4, 0.5) is 5.69 Å². The number of rotatable bonds is 2. The van der Waals surface area contributed by atoms with Gasteiger partial charge in [0.2, 0.25) is 0 Å². The molecule has 3 heteroatoms. The minimum absolute atomic E-state index is 0.769. The van der Waals surface area contributed by atoms with Gasteiger partial charge in [0.25, 0.3) is 0 Å². The summed E-state index contributed by atoms with van der Waals surface area (Å²) in [6.45, 7) is 0. The van der Waals surface area contributed by atoms with Crippen molar-refractivity contribution in [3.05, 3.63) is 30.5 Å². The van der Waals surface area contributed by atoms with Crippen molar-refractivity contribution in [2.75, 3.05) is 5.73 Å². The van der Waals surface area contributed by atoms with Crippen molar-refractivity contribution < 1.29 is 0 Å². The minimum atomic E-state index is 0.769. The van der Waals surface area contributed by atoms with Crippen molar-refractivity contribution in [1.82, 2.24) is 4.98 Å². The molecule has 2 nitrogen and oxygen atoms in total. The molecule has 1 aromatic heterocycles. The summed E-state index contributed by atoms with van der Waals surface area (Å²) in [5.74, 6) is 0. The van der Waals surface area contributed by atoms with Gasteiger partial charge in [0.1, 0.15) is 0 Å². The summed E-state index contributed by atoms with van der Waals surface area (Å²) in [6, 6.07) is 8.26. The average Bonchev–Trinajstić information content (AvgIpc) is 2.44. The average molecular weight is 258 g/mol. The van der Waals surface area contributed by atoms with E-state index in [4.69, 9.17) is 5.73 Å². The van der Waals surface area contributed by atoms with Gasteiger partial charge in [0.05, 0.1) is 11.2 Å². The van der Waals surface area contributed by atoms with Gasteiger partial charge in [-0.25, -0.2) is 0 Å². The summed E-state index contributed by atoms with van der Waals surface area (Å²) in [4.78, 5) is 5.73. The van der Waals surface area contributed by atoms with E-state index < -0.39 is 0 Å². The summed E-state index contributed by atoms with van der Waals surface area (Å²) in [7, 11) is 0. The molecule has 2 aromatic rings. The monoisotopic (exact) mass is 258 g/mol. The van der Waals surface area contributed by atoms with E-state index in [-0.39, 0.29) is 0 Å². The van der Waals surface area contributed by atoms with Crippen LogP contribution in [0.5, 0.6) is 0 Å². The number of hydrogen-bond acceptors (Lipinski definition) is 3. The summed E-state index contributed by atoms with van der Waals surface area (Å²) >= 11 is 2.01. The van der Waals surface area contributed by atoms with Crippen molar-refractivity contribution >= 4 is 28.4 Å². The molecule has 1 heterocycles. The first-order valence-corrected chi connectivity index (χ1v) is 7.52. The Labute approximate surface area is 112 Å². The zero-order valence-corrected chi connectivity index (χ0v) is 11.2. The number of hydrogen-bond donors (Lipinski definition) is 1. The minimum Gasteiger partial charge on any atom is -0.397 e. The molecule has 0 aliphatic heterocycles. The van der Waals surface area contributed by atoms with Crippen LogP contribution in [0.2, 0.25) is 0 Å². The fourth-order valence-corrected chi connectivity index (χ4v) is 4.00. The van der Waals surface area contributed by atoms with E-state index >= 15 is 0 Å². The van der Waals surface area contributed by atoms with Crippen molar-refractivity contribution in [1.29, 1.82) is 0 Å². The van der Waals surface area contributed by atoms with Crippen LogP contribution in [-0.4, -0.2) is 10.2 Å². The van der Waals surface area contributed by atoms with Gasteiger partial charge in [0.15, 0.2) is 0 Å². The number of anilines is 1. The summed E-state index contributed by atoms with van der Waals surface area (Å²) in [5.41, 5.74) is 7.71. The highest BCUT2D eigenvalue weighted by atomic mass is 32.2. The Kier molecular flexibility index (Phi) is 3.41. The van der Waals surface area contributed by atoms with Crippen LogP contribution in [0, 0.1) is 0 Å². The highest BCUT2D eigenvalue weighted by molar-refractivity contribution is 8.00. The molecule has 0 bridgehead atoms. The second-order valence-electron chi connectivity index (χ2n) is 4.93. The number of fused-ring (bicyclic) bond motifs is 1. The number of nitrogen functional groups attached to an aromatic ring is 1. The van der Waals surface area contributed by atoms with Crippen LogP contribution in [0.1, 0.15) is 32.1 Å². The fraction of sp³-hybridized carbons (Fsp3) is 0.400. The fourth-order valence-electron chi connectivity index (χ4n) is 2.63. The molecular weight excluding hydrogens is 240 g/mol. The van der Waals surface area contributed by atoms with E-state index in [9.17, 15) is 0 Å². The van der Waals surface area contributed by atoms with Gasteiger partial charge in [-0.1, -0.05) is 25.3 Å². The third-order valence-electron chi connectivity index (χ3n) is 3.61. The second kappa shape index (κ2) is 5.19. The van der Waals surface area contributed by atoms with Crippen LogP contribution < -0.4 is 5.73 Å². The zero-order chi connectivity index (χ0) is 12.4. The van der Waals surface area contributed by atoms with Gasteiger partial charge in [-0.05, 0) is 31.0 Å². The van der Waals surface area contributed by atoms with Crippen LogP contribution in [0.3, 0.4) is 0 Å². The maximum Gasteiger partial charge on any atom is 0.0942 e. The molecule has 2 N–H and O–H groups in total. The van der Waals surface area contributed by atoms with E-state index in [2.05, 4.69) is 17.1 Å². The van der Waals surface area contributed by atoms with Crippen molar-refractivity contribution in [3.63, 3.8) is 0 Å². The van der Waals surface area contributed by atoms with E-state index in [1.807, 2.05) is 30.1 Å². The van der Waals surface area contributed by atoms with Crippen LogP contribution in [0.25, 0.3) is 10.9 Å². The molecule has 1 saturated carbocycles. The lowest BCUT2D eigenvalue weighted by molar-refractivity contribution is 0.516. The second-order valence-corrected chi connectivity index (χ2v) is 6.27. The molecule has 1 fully saturated rings. The first-order valence-electron chi connectivity index (χ1n) is 6.64. The summed E-state index contributed by atoms with van der Waals surface area (Å²) < 4.78 is 0. The molecule has 3 rings (SSSR count). The quantitative estimate of drug-likeness (QED) is 0.819. The molecule has 1 aliphatic carbocycles. The van der Waals surface area contributed by atoms with Gasteiger partial charge in [-0.3, -0.25) is 4.98 Å². The molecule has 1 aromatic carbocycles.